The SMILES string of the molecule is O=c1[nH]c2ncc(-c3cn[nH]c3)nc2n1CC1CCOCC1. The Balaban J connectivity index is 1.74. The van der Waals surface area contributed by atoms with Crippen molar-refractivity contribution in [1.82, 2.24) is 29.7 Å². The molecule has 0 atom stereocenters. The van der Waals surface area contributed by atoms with Crippen LogP contribution in [0, 0.1) is 5.92 Å². The lowest BCUT2D eigenvalue weighted by atomic mass is 10.0. The Bertz CT molecular complexity index is 829. The number of H-pyrrole nitrogens is 2. The fourth-order valence-corrected chi connectivity index (χ4v) is 2.81. The van der Waals surface area contributed by atoms with Gasteiger partial charge >= 0.3 is 5.69 Å². The Morgan fingerprint density at radius 3 is 2.95 bits per heavy atom. The number of hydrogen-bond donors (Lipinski definition) is 2. The minimum absolute atomic E-state index is 0.161. The highest BCUT2D eigenvalue weighted by atomic mass is 16.5. The molecule has 8 heteroatoms. The molecule has 4 heterocycles. The highest BCUT2D eigenvalue weighted by molar-refractivity contribution is 5.70. The third kappa shape index (κ3) is 2.31. The first kappa shape index (κ1) is 13.2. The number of fused-ring (bicyclic) bond motifs is 1. The fraction of sp³-hybridized carbons (Fsp3) is 0.429. The molecule has 0 spiro atoms. The summed E-state index contributed by atoms with van der Waals surface area (Å²) < 4.78 is 7.05. The zero-order valence-corrected chi connectivity index (χ0v) is 12.0. The zero-order valence-electron chi connectivity index (χ0n) is 12.0. The van der Waals surface area contributed by atoms with E-state index in [-0.39, 0.29) is 5.69 Å². The molecule has 1 fully saturated rings. The minimum Gasteiger partial charge on any atom is -0.381 e. The molecular formula is C14H16N6O2. The van der Waals surface area contributed by atoms with Crippen molar-refractivity contribution in [2.45, 2.75) is 19.4 Å². The third-order valence-electron chi connectivity index (χ3n) is 4.06. The summed E-state index contributed by atoms with van der Waals surface area (Å²) in [5.41, 5.74) is 2.49. The quantitative estimate of drug-likeness (QED) is 0.749. The van der Waals surface area contributed by atoms with Crippen LogP contribution in [-0.4, -0.2) is 42.9 Å². The number of imidazole rings is 1. The molecule has 114 valence electrons. The molecule has 8 nitrogen and oxygen atoms in total. The smallest absolute Gasteiger partial charge is 0.328 e. The summed E-state index contributed by atoms with van der Waals surface area (Å²) in [5.74, 6) is 0.435. The van der Waals surface area contributed by atoms with Crippen molar-refractivity contribution in [2.75, 3.05) is 13.2 Å². The van der Waals surface area contributed by atoms with Crippen LogP contribution in [0.4, 0.5) is 0 Å². The summed E-state index contributed by atoms with van der Waals surface area (Å²) >= 11 is 0. The molecular weight excluding hydrogens is 284 g/mol. The van der Waals surface area contributed by atoms with Crippen LogP contribution in [0.2, 0.25) is 0 Å². The van der Waals surface area contributed by atoms with E-state index < -0.39 is 0 Å². The Kier molecular flexibility index (Phi) is 3.23. The van der Waals surface area contributed by atoms with Gasteiger partial charge in [-0.1, -0.05) is 0 Å². The topological polar surface area (TPSA) is 101 Å². The number of nitrogens with zero attached hydrogens (tertiary/aromatic N) is 4. The van der Waals surface area contributed by atoms with E-state index >= 15 is 0 Å². The first-order valence-corrected chi connectivity index (χ1v) is 7.34. The van der Waals surface area contributed by atoms with Gasteiger partial charge in [0, 0.05) is 31.5 Å². The van der Waals surface area contributed by atoms with Crippen molar-refractivity contribution in [2.24, 2.45) is 5.92 Å². The summed E-state index contributed by atoms with van der Waals surface area (Å²) in [5, 5.41) is 6.67. The standard InChI is InChI=1S/C14H16N6O2/c21-14-19-12-13(20(14)8-9-1-3-22-4-2-9)18-11(7-15-12)10-5-16-17-6-10/h5-7,9H,1-4,8H2,(H,16,17)(H,15,19,21). The molecule has 0 aliphatic carbocycles. The van der Waals surface area contributed by atoms with E-state index in [2.05, 4.69) is 25.1 Å². The summed E-state index contributed by atoms with van der Waals surface area (Å²) in [6.07, 6.45) is 7.01. The van der Waals surface area contributed by atoms with E-state index in [1.54, 1.807) is 23.2 Å². The molecule has 0 saturated carbocycles. The number of aromatic amines is 2. The van der Waals surface area contributed by atoms with Crippen molar-refractivity contribution in [1.29, 1.82) is 0 Å². The average Bonchev–Trinajstić information content (AvgIpc) is 3.17. The Morgan fingerprint density at radius 1 is 1.32 bits per heavy atom. The van der Waals surface area contributed by atoms with Gasteiger partial charge in [-0.05, 0) is 18.8 Å². The van der Waals surface area contributed by atoms with Gasteiger partial charge in [-0.25, -0.2) is 14.8 Å². The van der Waals surface area contributed by atoms with Gasteiger partial charge in [0.05, 0.1) is 18.1 Å². The van der Waals surface area contributed by atoms with Crippen LogP contribution in [-0.2, 0) is 11.3 Å². The second kappa shape index (κ2) is 5.38. The Hall–Kier alpha value is -2.48. The van der Waals surface area contributed by atoms with Crippen LogP contribution >= 0.6 is 0 Å². The van der Waals surface area contributed by atoms with Crippen molar-refractivity contribution < 1.29 is 4.74 Å². The second-order valence-corrected chi connectivity index (χ2v) is 5.51. The van der Waals surface area contributed by atoms with Crippen LogP contribution in [0.15, 0.2) is 23.4 Å². The Morgan fingerprint density at radius 2 is 2.18 bits per heavy atom. The van der Waals surface area contributed by atoms with Gasteiger partial charge in [0.15, 0.2) is 11.3 Å². The Labute approximate surface area is 125 Å². The van der Waals surface area contributed by atoms with Crippen LogP contribution < -0.4 is 5.69 Å². The maximum atomic E-state index is 12.2. The number of ether oxygens (including phenoxy) is 1. The average molecular weight is 300 g/mol. The molecule has 1 saturated heterocycles. The van der Waals surface area contributed by atoms with Crippen LogP contribution in [0.3, 0.4) is 0 Å². The number of nitrogens with one attached hydrogen (secondary N) is 2. The molecule has 0 aromatic carbocycles. The first-order valence-electron chi connectivity index (χ1n) is 7.34. The molecule has 4 rings (SSSR count). The predicted octanol–water partition coefficient (Wildman–Crippen LogP) is 0.936. The lowest BCUT2D eigenvalue weighted by Gasteiger charge is -2.21. The van der Waals surface area contributed by atoms with E-state index in [9.17, 15) is 4.79 Å². The third-order valence-corrected chi connectivity index (χ3v) is 4.06. The van der Waals surface area contributed by atoms with Gasteiger partial charge in [-0.3, -0.25) is 14.6 Å². The molecule has 22 heavy (non-hydrogen) atoms. The van der Waals surface area contributed by atoms with Gasteiger partial charge in [0.1, 0.15) is 0 Å². The largest absolute Gasteiger partial charge is 0.381 e. The minimum atomic E-state index is -0.161. The van der Waals surface area contributed by atoms with Crippen molar-refractivity contribution in [3.8, 4) is 11.3 Å². The van der Waals surface area contributed by atoms with Gasteiger partial charge in [-0.15, -0.1) is 0 Å². The van der Waals surface area contributed by atoms with Gasteiger partial charge in [0.2, 0.25) is 0 Å². The molecule has 0 bridgehead atoms. The fourth-order valence-electron chi connectivity index (χ4n) is 2.81. The van der Waals surface area contributed by atoms with E-state index in [1.165, 1.54) is 0 Å². The number of rotatable bonds is 3. The lowest BCUT2D eigenvalue weighted by molar-refractivity contribution is 0.0613. The highest BCUT2D eigenvalue weighted by Gasteiger charge is 2.18. The van der Waals surface area contributed by atoms with Crippen LogP contribution in [0.5, 0.6) is 0 Å². The number of aromatic nitrogens is 6. The highest BCUT2D eigenvalue weighted by Crippen LogP contribution is 2.20. The van der Waals surface area contributed by atoms with Gasteiger partial charge in [-0.2, -0.15) is 5.10 Å². The second-order valence-electron chi connectivity index (χ2n) is 5.51. The lowest BCUT2D eigenvalue weighted by Crippen LogP contribution is -2.26. The number of hydrogen-bond acceptors (Lipinski definition) is 5. The normalized spacial score (nSPS) is 16.4. The van der Waals surface area contributed by atoms with Crippen molar-refractivity contribution in [3.05, 3.63) is 29.1 Å². The summed E-state index contributed by atoms with van der Waals surface area (Å²) in [6, 6.07) is 0. The molecule has 3 aromatic heterocycles. The molecule has 0 amide bonds. The molecule has 3 aromatic rings. The van der Waals surface area contributed by atoms with E-state index in [0.717, 1.165) is 31.6 Å². The van der Waals surface area contributed by atoms with Crippen LogP contribution in [0.1, 0.15) is 12.8 Å². The van der Waals surface area contributed by atoms with Gasteiger partial charge in [0.25, 0.3) is 0 Å². The first-order chi connectivity index (χ1) is 10.8. The molecule has 0 unspecified atom stereocenters. The molecule has 1 aliphatic heterocycles. The maximum absolute atomic E-state index is 12.2. The van der Waals surface area contributed by atoms with Crippen LogP contribution in [0.25, 0.3) is 22.6 Å². The van der Waals surface area contributed by atoms with E-state index in [0.29, 0.717) is 29.5 Å². The zero-order chi connectivity index (χ0) is 14.9. The molecule has 2 N–H and O–H groups in total. The van der Waals surface area contributed by atoms with Crippen molar-refractivity contribution >= 4 is 11.3 Å². The van der Waals surface area contributed by atoms with E-state index in [1.807, 2.05) is 0 Å². The molecule has 1 aliphatic rings. The van der Waals surface area contributed by atoms with Crippen molar-refractivity contribution in [3.63, 3.8) is 0 Å². The summed E-state index contributed by atoms with van der Waals surface area (Å²) in [6.45, 7) is 2.16. The van der Waals surface area contributed by atoms with Gasteiger partial charge < -0.3 is 4.74 Å². The summed E-state index contributed by atoms with van der Waals surface area (Å²) in [7, 11) is 0. The van der Waals surface area contributed by atoms with E-state index in [4.69, 9.17) is 4.74 Å². The maximum Gasteiger partial charge on any atom is 0.328 e. The monoisotopic (exact) mass is 300 g/mol. The summed E-state index contributed by atoms with van der Waals surface area (Å²) in [4.78, 5) is 23.8. The molecule has 0 radical (unpaired) electrons. The predicted molar refractivity (Wildman–Crippen MR) is 79.3 cm³/mol.